The number of alkyl halides is 10. The van der Waals surface area contributed by atoms with E-state index in [9.17, 15) is 44.3 Å². The first-order valence-corrected chi connectivity index (χ1v) is 10.4. The molecule has 0 spiro atoms. The monoisotopic (exact) mass is 622 g/mol. The van der Waals surface area contributed by atoms with E-state index in [0.29, 0.717) is 10.9 Å². The maximum Gasteiger partial charge on any atom is 0.433 e. The smallest absolute Gasteiger partial charge is 0.320 e. The number of hydrogen-bond acceptors (Lipinski definition) is 2. The summed E-state index contributed by atoms with van der Waals surface area (Å²) < 4.78 is 122. The van der Waals surface area contributed by atoms with Gasteiger partial charge >= 0.3 is 22.9 Å². The average Bonchev–Trinajstić information content (AvgIpc) is 2.71. The van der Waals surface area contributed by atoms with E-state index in [0.717, 1.165) is 0 Å². The third-order valence-electron chi connectivity index (χ3n) is 4.68. The predicted octanol–water partition coefficient (Wildman–Crippen LogP) is 7.98. The maximum absolute atomic E-state index is 14.7. The Balaban J connectivity index is 2.14. The van der Waals surface area contributed by atoms with Crippen LogP contribution in [-0.4, -0.2) is 21.9 Å². The van der Waals surface area contributed by atoms with Gasteiger partial charge in [-0.2, -0.15) is 35.1 Å². The van der Waals surface area contributed by atoms with Crippen LogP contribution in [0.4, 0.5) is 45.2 Å². The molecule has 1 aromatic heterocycles. The molecular weight excluding hydrogens is 615 g/mol. The first-order chi connectivity index (χ1) is 15.5. The summed E-state index contributed by atoms with van der Waals surface area (Å²) in [5, 5.41) is 2.50. The maximum atomic E-state index is 14.7. The molecule has 0 radical (unpaired) electrons. The number of nitrogens with zero attached hydrogens (tertiary/aromatic N) is 1. The lowest BCUT2D eigenvalue weighted by Gasteiger charge is -2.33. The molecule has 3 nitrogen and oxygen atoms in total. The van der Waals surface area contributed by atoms with Gasteiger partial charge in [-0.05, 0) is 62.2 Å². The fraction of sp³-hybridized carbons (Fsp3) is 0.200. The molecule has 0 fully saturated rings. The molecule has 14 heteroatoms. The first kappa shape index (κ1) is 26.3. The largest absolute Gasteiger partial charge is 0.433 e. The van der Waals surface area contributed by atoms with Crippen LogP contribution in [0.5, 0.6) is 0 Å². The zero-order chi connectivity index (χ0) is 25.7. The number of benzene rings is 2. The highest BCUT2D eigenvalue weighted by Crippen LogP contribution is 2.56. The molecule has 182 valence electrons. The molecule has 0 aliphatic heterocycles. The second-order valence-electron chi connectivity index (χ2n) is 6.90. The van der Waals surface area contributed by atoms with E-state index in [4.69, 9.17) is 0 Å². The van der Waals surface area contributed by atoms with Crippen molar-refractivity contribution in [1.29, 1.82) is 0 Å². The summed E-state index contributed by atoms with van der Waals surface area (Å²) in [4.78, 5) is 11.3. The van der Waals surface area contributed by atoms with E-state index in [2.05, 4.69) is 20.9 Å². The summed E-state index contributed by atoms with van der Waals surface area (Å²) >= 11 is 3.82. The van der Waals surface area contributed by atoms with E-state index in [1.165, 1.54) is 40.3 Å². The number of anilines is 1. The van der Waals surface area contributed by atoms with Crippen molar-refractivity contribution in [3.8, 4) is 0 Å². The van der Waals surface area contributed by atoms with E-state index in [1.54, 1.807) is 12.1 Å². The van der Waals surface area contributed by atoms with Crippen molar-refractivity contribution in [2.24, 2.45) is 0 Å². The molecule has 1 atom stereocenters. The zero-order valence-electron chi connectivity index (χ0n) is 16.1. The standard InChI is InChI=1S/C20H9Br2F9N2O/c21-13-8-11(17(23,19(22,27)28)20(29,30)31)7-12(18(24,25)26)15(13)33-16(34)10-4-3-9-2-1-5-32-14(9)6-10/h1-8H,(H,33,34). The highest BCUT2D eigenvalue weighted by Gasteiger charge is 2.71. The number of pyridine rings is 1. The van der Waals surface area contributed by atoms with Gasteiger partial charge in [-0.3, -0.25) is 9.78 Å². The van der Waals surface area contributed by atoms with Crippen LogP contribution < -0.4 is 5.32 Å². The molecule has 1 heterocycles. The minimum Gasteiger partial charge on any atom is -0.320 e. The van der Waals surface area contributed by atoms with Crippen molar-refractivity contribution in [3.05, 3.63) is 69.8 Å². The quantitative estimate of drug-likeness (QED) is 0.237. The fourth-order valence-corrected chi connectivity index (χ4v) is 4.05. The van der Waals surface area contributed by atoms with Gasteiger partial charge in [-0.1, -0.05) is 12.1 Å². The van der Waals surface area contributed by atoms with Crippen LogP contribution >= 0.6 is 31.9 Å². The van der Waals surface area contributed by atoms with Gasteiger partial charge in [0.2, 0.25) is 0 Å². The lowest BCUT2D eigenvalue weighted by molar-refractivity contribution is -0.282. The molecule has 1 N–H and O–H groups in total. The second kappa shape index (κ2) is 8.70. The Morgan fingerprint density at radius 1 is 0.912 bits per heavy atom. The molecule has 0 saturated carbocycles. The van der Waals surface area contributed by atoms with Crippen LogP contribution in [0.15, 0.2) is 53.1 Å². The van der Waals surface area contributed by atoms with Crippen LogP contribution in [0.2, 0.25) is 0 Å². The third kappa shape index (κ3) is 4.74. The number of halogens is 11. The van der Waals surface area contributed by atoms with E-state index in [-0.39, 0.29) is 11.6 Å². The van der Waals surface area contributed by atoms with Gasteiger partial charge in [0.1, 0.15) is 0 Å². The highest BCUT2D eigenvalue weighted by atomic mass is 79.9. The van der Waals surface area contributed by atoms with E-state index >= 15 is 0 Å². The number of aromatic nitrogens is 1. The average molecular weight is 624 g/mol. The number of hydrogen-bond donors (Lipinski definition) is 1. The number of fused-ring (bicyclic) bond motifs is 1. The molecule has 0 saturated heterocycles. The molecule has 3 aromatic rings. The van der Waals surface area contributed by atoms with Gasteiger partial charge < -0.3 is 5.32 Å². The topological polar surface area (TPSA) is 42.0 Å². The summed E-state index contributed by atoms with van der Waals surface area (Å²) in [6.07, 6.45) is -10.4. The molecule has 3 rings (SSSR count). The minimum absolute atomic E-state index is 0.0927. The summed E-state index contributed by atoms with van der Waals surface area (Å²) in [6.45, 7) is 0. The van der Waals surface area contributed by atoms with Crippen LogP contribution in [-0.2, 0) is 11.8 Å². The molecular formula is C20H9Br2F9N2O. The Bertz CT molecular complexity index is 1240. The molecule has 0 aliphatic rings. The molecule has 34 heavy (non-hydrogen) atoms. The van der Waals surface area contributed by atoms with Crippen molar-refractivity contribution in [2.75, 3.05) is 5.32 Å². The van der Waals surface area contributed by atoms with Crippen LogP contribution in [0.25, 0.3) is 10.9 Å². The summed E-state index contributed by atoms with van der Waals surface area (Å²) in [6, 6.07) is 6.90. The van der Waals surface area contributed by atoms with E-state index < -0.39 is 56.1 Å². The van der Waals surface area contributed by atoms with Crippen LogP contribution in [0, 0.1) is 0 Å². The van der Waals surface area contributed by atoms with Crippen molar-refractivity contribution in [2.45, 2.75) is 22.9 Å². The predicted molar refractivity (Wildman–Crippen MR) is 112 cm³/mol. The van der Waals surface area contributed by atoms with Crippen LogP contribution in [0.3, 0.4) is 0 Å². The SMILES string of the molecule is O=C(Nc1c(Br)cc(C(F)(C(F)(F)F)C(F)(F)Br)cc1C(F)(F)F)c1ccc2cccnc2c1. The number of amides is 1. The molecule has 0 aliphatic carbocycles. The first-order valence-electron chi connectivity index (χ1n) is 8.86. The molecule has 1 amide bonds. The number of rotatable bonds is 4. The van der Waals surface area contributed by atoms with Crippen molar-refractivity contribution in [1.82, 2.24) is 4.98 Å². The lowest BCUT2D eigenvalue weighted by atomic mass is 9.92. The van der Waals surface area contributed by atoms with Crippen LogP contribution in [0.1, 0.15) is 21.5 Å². The number of carbonyl (C=O) groups is 1. The zero-order valence-corrected chi connectivity index (χ0v) is 19.3. The second-order valence-corrected chi connectivity index (χ2v) is 8.75. The Hall–Kier alpha value is -2.35. The number of carbonyl (C=O) groups excluding carboxylic acids is 1. The summed E-state index contributed by atoms with van der Waals surface area (Å²) in [7, 11) is 0. The van der Waals surface area contributed by atoms with Crippen molar-refractivity contribution < 1.29 is 44.3 Å². The van der Waals surface area contributed by atoms with Gasteiger partial charge in [0.25, 0.3) is 5.91 Å². The molecule has 0 bridgehead atoms. The van der Waals surface area contributed by atoms with Crippen molar-refractivity contribution >= 4 is 54.4 Å². The fourth-order valence-electron chi connectivity index (χ4n) is 3.04. The van der Waals surface area contributed by atoms with Gasteiger partial charge in [-0.25, -0.2) is 4.39 Å². The Morgan fingerprint density at radius 3 is 2.12 bits per heavy atom. The van der Waals surface area contributed by atoms with Gasteiger partial charge in [-0.15, -0.1) is 0 Å². The summed E-state index contributed by atoms with van der Waals surface area (Å²) in [5.41, 5.74) is -10.5. The Labute approximate surface area is 201 Å². The number of nitrogens with one attached hydrogen (secondary N) is 1. The lowest BCUT2D eigenvalue weighted by Crippen LogP contribution is -2.49. The van der Waals surface area contributed by atoms with Gasteiger partial charge in [0.15, 0.2) is 0 Å². The minimum atomic E-state index is -6.30. The Kier molecular flexibility index (Phi) is 6.72. The molecule has 1 unspecified atom stereocenters. The van der Waals surface area contributed by atoms with Crippen molar-refractivity contribution in [3.63, 3.8) is 0 Å². The Morgan fingerprint density at radius 2 is 1.56 bits per heavy atom. The normalized spacial score (nSPS) is 14.7. The third-order valence-corrected chi connectivity index (χ3v) is 5.85. The molecule has 2 aromatic carbocycles. The summed E-state index contributed by atoms with van der Waals surface area (Å²) in [5.74, 6) is -1.11. The van der Waals surface area contributed by atoms with Gasteiger partial charge in [0.05, 0.1) is 16.8 Å². The van der Waals surface area contributed by atoms with E-state index in [1.807, 2.05) is 5.32 Å². The van der Waals surface area contributed by atoms with Gasteiger partial charge in [0, 0.05) is 27.2 Å². The highest BCUT2D eigenvalue weighted by molar-refractivity contribution is 9.10.